The summed E-state index contributed by atoms with van der Waals surface area (Å²) >= 11 is 13.5. The normalized spacial score (nSPS) is 16.1. The van der Waals surface area contributed by atoms with Crippen LogP contribution in [0.15, 0.2) is 62.4 Å². The van der Waals surface area contributed by atoms with E-state index in [2.05, 4.69) is 37.2 Å². The average Bonchev–Trinajstić information content (AvgIpc) is 2.81. The summed E-state index contributed by atoms with van der Waals surface area (Å²) < 4.78 is 2.55. The SMILES string of the molecule is O=C1C(=Cc2cccc(Br)c2)SC(=S)N1CNc1ccc(Br)cc1. The van der Waals surface area contributed by atoms with E-state index in [0.29, 0.717) is 15.9 Å². The lowest BCUT2D eigenvalue weighted by atomic mass is 10.2. The van der Waals surface area contributed by atoms with Crippen molar-refractivity contribution >= 4 is 77.8 Å². The van der Waals surface area contributed by atoms with Gasteiger partial charge in [-0.15, -0.1) is 0 Å². The zero-order chi connectivity index (χ0) is 17.1. The molecule has 7 heteroatoms. The van der Waals surface area contributed by atoms with Gasteiger partial charge in [0, 0.05) is 14.6 Å². The van der Waals surface area contributed by atoms with Crippen molar-refractivity contribution in [3.8, 4) is 0 Å². The number of carbonyl (C=O) groups is 1. The number of amides is 1. The number of benzene rings is 2. The second-order valence-corrected chi connectivity index (χ2v) is 8.51. The van der Waals surface area contributed by atoms with E-state index in [9.17, 15) is 4.79 Å². The fraction of sp³-hybridized carbons (Fsp3) is 0.0588. The number of halogens is 2. The van der Waals surface area contributed by atoms with Crippen molar-refractivity contribution in [2.45, 2.75) is 0 Å². The van der Waals surface area contributed by atoms with Crippen LogP contribution in [0.3, 0.4) is 0 Å². The van der Waals surface area contributed by atoms with Crippen molar-refractivity contribution in [1.29, 1.82) is 0 Å². The van der Waals surface area contributed by atoms with E-state index < -0.39 is 0 Å². The van der Waals surface area contributed by atoms with Crippen LogP contribution in [0.4, 0.5) is 5.69 Å². The third kappa shape index (κ3) is 4.27. The molecule has 1 N–H and O–H groups in total. The number of nitrogens with one attached hydrogen (secondary N) is 1. The number of thiocarbonyl (C=S) groups is 1. The quantitative estimate of drug-likeness (QED) is 0.460. The number of hydrogen-bond acceptors (Lipinski definition) is 4. The van der Waals surface area contributed by atoms with Gasteiger partial charge in [0.2, 0.25) is 0 Å². The lowest BCUT2D eigenvalue weighted by Gasteiger charge is -2.16. The number of nitrogens with zero attached hydrogens (tertiary/aromatic N) is 1. The first-order valence-electron chi connectivity index (χ1n) is 7.03. The first-order chi connectivity index (χ1) is 11.5. The number of anilines is 1. The molecule has 24 heavy (non-hydrogen) atoms. The molecule has 122 valence electrons. The highest BCUT2D eigenvalue weighted by molar-refractivity contribution is 9.10. The minimum Gasteiger partial charge on any atom is -0.367 e. The molecule has 1 aliphatic heterocycles. The van der Waals surface area contributed by atoms with E-state index in [1.807, 2.05) is 54.6 Å². The lowest BCUT2D eigenvalue weighted by Crippen LogP contribution is -2.33. The number of carbonyl (C=O) groups excluding carboxylic acids is 1. The van der Waals surface area contributed by atoms with Gasteiger partial charge in [0.15, 0.2) is 0 Å². The topological polar surface area (TPSA) is 32.3 Å². The molecule has 3 nitrogen and oxygen atoms in total. The monoisotopic (exact) mass is 482 g/mol. The van der Waals surface area contributed by atoms with E-state index in [0.717, 1.165) is 20.2 Å². The van der Waals surface area contributed by atoms with Gasteiger partial charge in [-0.2, -0.15) is 0 Å². The molecule has 0 saturated carbocycles. The van der Waals surface area contributed by atoms with Crippen molar-refractivity contribution in [2.75, 3.05) is 12.0 Å². The Bertz CT molecular complexity index is 822. The van der Waals surface area contributed by atoms with E-state index in [1.165, 1.54) is 11.8 Å². The van der Waals surface area contributed by atoms with Gasteiger partial charge in [-0.05, 0) is 48.0 Å². The molecule has 1 aliphatic rings. The summed E-state index contributed by atoms with van der Waals surface area (Å²) in [6.45, 7) is 0.349. The molecule has 0 aromatic heterocycles. The molecular formula is C17H12Br2N2OS2. The summed E-state index contributed by atoms with van der Waals surface area (Å²) in [5.74, 6) is -0.0745. The van der Waals surface area contributed by atoms with Gasteiger partial charge < -0.3 is 5.32 Å². The molecule has 0 bridgehead atoms. The van der Waals surface area contributed by atoms with Gasteiger partial charge in [0.25, 0.3) is 5.91 Å². The zero-order valence-electron chi connectivity index (χ0n) is 12.3. The van der Waals surface area contributed by atoms with Crippen molar-refractivity contribution in [3.63, 3.8) is 0 Å². The maximum absolute atomic E-state index is 12.6. The van der Waals surface area contributed by atoms with E-state index >= 15 is 0 Å². The van der Waals surface area contributed by atoms with Crippen molar-refractivity contribution in [1.82, 2.24) is 4.90 Å². The molecule has 0 spiro atoms. The van der Waals surface area contributed by atoms with Gasteiger partial charge in [0.05, 0.1) is 11.6 Å². The Morgan fingerprint density at radius 3 is 2.58 bits per heavy atom. The standard InChI is InChI=1S/C17H12Br2N2OS2/c18-12-4-6-14(7-5-12)20-10-21-16(22)15(24-17(21)23)9-11-2-1-3-13(19)8-11/h1-9,20H,10H2. The summed E-state index contributed by atoms with van der Waals surface area (Å²) in [5.41, 5.74) is 1.90. The summed E-state index contributed by atoms with van der Waals surface area (Å²) in [6, 6.07) is 15.6. The Balaban J connectivity index is 1.71. The Labute approximate surface area is 166 Å². The van der Waals surface area contributed by atoms with Crippen LogP contribution in [0, 0.1) is 0 Å². The summed E-state index contributed by atoms with van der Waals surface area (Å²) in [7, 11) is 0. The molecule has 2 aromatic rings. The minimum atomic E-state index is -0.0745. The maximum atomic E-state index is 12.6. The van der Waals surface area contributed by atoms with Crippen molar-refractivity contribution in [2.24, 2.45) is 0 Å². The predicted molar refractivity (Wildman–Crippen MR) is 112 cm³/mol. The smallest absolute Gasteiger partial charge is 0.267 e. The van der Waals surface area contributed by atoms with Crippen molar-refractivity contribution in [3.05, 3.63) is 67.9 Å². The van der Waals surface area contributed by atoms with Gasteiger partial charge in [-0.3, -0.25) is 9.69 Å². The molecule has 0 radical (unpaired) electrons. The van der Waals surface area contributed by atoms with Crippen LogP contribution in [-0.2, 0) is 4.79 Å². The second kappa shape index (κ2) is 7.82. The first kappa shape index (κ1) is 17.7. The highest BCUT2D eigenvalue weighted by Crippen LogP contribution is 2.32. The van der Waals surface area contributed by atoms with Crippen LogP contribution in [0.2, 0.25) is 0 Å². The minimum absolute atomic E-state index is 0.0745. The Morgan fingerprint density at radius 1 is 1.12 bits per heavy atom. The third-order valence-electron chi connectivity index (χ3n) is 3.31. The van der Waals surface area contributed by atoms with Crippen LogP contribution in [-0.4, -0.2) is 21.8 Å². The predicted octanol–water partition coefficient (Wildman–Crippen LogP) is 5.48. The highest BCUT2D eigenvalue weighted by Gasteiger charge is 2.31. The van der Waals surface area contributed by atoms with Crippen LogP contribution in [0.5, 0.6) is 0 Å². The van der Waals surface area contributed by atoms with Crippen LogP contribution < -0.4 is 5.32 Å². The summed E-state index contributed by atoms with van der Waals surface area (Å²) in [4.78, 5) is 14.8. The summed E-state index contributed by atoms with van der Waals surface area (Å²) in [6.07, 6.45) is 1.86. The number of rotatable bonds is 4. The largest absolute Gasteiger partial charge is 0.367 e. The Hall–Kier alpha value is -1.15. The van der Waals surface area contributed by atoms with Gasteiger partial charge in [0.1, 0.15) is 4.32 Å². The molecule has 0 aliphatic carbocycles. The molecule has 2 aromatic carbocycles. The average molecular weight is 484 g/mol. The first-order valence-corrected chi connectivity index (χ1v) is 9.84. The van der Waals surface area contributed by atoms with Crippen molar-refractivity contribution < 1.29 is 4.79 Å². The molecule has 1 heterocycles. The molecule has 3 rings (SSSR count). The number of hydrogen-bond donors (Lipinski definition) is 1. The van der Waals surface area contributed by atoms with Gasteiger partial charge >= 0.3 is 0 Å². The van der Waals surface area contributed by atoms with E-state index in [-0.39, 0.29) is 5.91 Å². The lowest BCUT2D eigenvalue weighted by molar-refractivity contribution is -0.121. The Kier molecular flexibility index (Phi) is 5.76. The van der Waals surface area contributed by atoms with E-state index in [4.69, 9.17) is 12.2 Å². The fourth-order valence-corrected chi connectivity index (χ4v) is 4.06. The summed E-state index contributed by atoms with van der Waals surface area (Å²) in [5, 5.41) is 3.22. The van der Waals surface area contributed by atoms with Crippen LogP contribution >= 0.6 is 55.8 Å². The molecule has 0 atom stereocenters. The Morgan fingerprint density at radius 2 is 1.88 bits per heavy atom. The third-order valence-corrected chi connectivity index (χ3v) is 5.71. The van der Waals surface area contributed by atoms with Crippen LogP contribution in [0.25, 0.3) is 6.08 Å². The van der Waals surface area contributed by atoms with Gasteiger partial charge in [-0.25, -0.2) is 0 Å². The second-order valence-electron chi connectivity index (χ2n) is 5.01. The molecule has 1 fully saturated rings. The highest BCUT2D eigenvalue weighted by atomic mass is 79.9. The zero-order valence-corrected chi connectivity index (χ0v) is 17.1. The molecular weight excluding hydrogens is 472 g/mol. The fourth-order valence-electron chi connectivity index (χ4n) is 2.12. The maximum Gasteiger partial charge on any atom is 0.267 e. The molecule has 1 amide bonds. The molecule has 1 saturated heterocycles. The van der Waals surface area contributed by atoms with Crippen LogP contribution in [0.1, 0.15) is 5.56 Å². The van der Waals surface area contributed by atoms with Gasteiger partial charge in [-0.1, -0.05) is 68.0 Å². The molecule has 0 unspecified atom stereocenters. The van der Waals surface area contributed by atoms with E-state index in [1.54, 1.807) is 4.90 Å². The number of thioether (sulfide) groups is 1.